The molecule has 5 heteroatoms. The molecule has 5 nitrogen and oxygen atoms in total. The van der Waals surface area contributed by atoms with E-state index < -0.39 is 0 Å². The van der Waals surface area contributed by atoms with Crippen LogP contribution in [-0.4, -0.2) is 41.0 Å². The van der Waals surface area contributed by atoms with Crippen LogP contribution < -0.4 is 4.90 Å². The maximum Gasteiger partial charge on any atom is 0.299 e. The zero-order valence-corrected chi connectivity index (χ0v) is 15.9. The average molecular weight is 353 g/mol. The third-order valence-corrected chi connectivity index (χ3v) is 6.68. The molecule has 2 bridgehead atoms. The molecule has 0 N–H and O–H groups in total. The van der Waals surface area contributed by atoms with E-state index in [-0.39, 0.29) is 11.3 Å². The van der Waals surface area contributed by atoms with Crippen molar-refractivity contribution in [1.29, 1.82) is 0 Å². The van der Waals surface area contributed by atoms with Gasteiger partial charge in [-0.2, -0.15) is 4.98 Å². The van der Waals surface area contributed by atoms with E-state index in [1.807, 2.05) is 12.1 Å². The van der Waals surface area contributed by atoms with E-state index in [9.17, 15) is 4.79 Å². The van der Waals surface area contributed by atoms with Gasteiger partial charge in [0, 0.05) is 19.0 Å². The number of nitrogens with zero attached hydrogens (tertiary/aromatic N) is 3. The number of oxazole rings is 1. The van der Waals surface area contributed by atoms with Crippen LogP contribution >= 0.6 is 0 Å². The van der Waals surface area contributed by atoms with Crippen LogP contribution in [0.3, 0.4) is 0 Å². The average Bonchev–Trinajstić information content (AvgIpc) is 3.03. The van der Waals surface area contributed by atoms with Crippen LogP contribution in [-0.2, 0) is 4.79 Å². The van der Waals surface area contributed by atoms with E-state index in [0.29, 0.717) is 18.0 Å². The number of para-hydroxylation sites is 1. The van der Waals surface area contributed by atoms with Gasteiger partial charge in [-0.25, -0.2) is 0 Å². The van der Waals surface area contributed by atoms with Gasteiger partial charge in [0.25, 0.3) is 6.01 Å². The summed E-state index contributed by atoms with van der Waals surface area (Å²) in [5.74, 6) is 0.585. The Morgan fingerprint density at radius 1 is 1.23 bits per heavy atom. The number of likely N-dealkylation sites (tertiary alicyclic amines) is 1. The van der Waals surface area contributed by atoms with E-state index in [1.165, 1.54) is 6.42 Å². The number of amides is 1. The molecule has 3 atom stereocenters. The van der Waals surface area contributed by atoms with Crippen LogP contribution in [0.5, 0.6) is 0 Å². The Balaban J connectivity index is 1.42. The van der Waals surface area contributed by atoms with E-state index >= 15 is 0 Å². The Morgan fingerprint density at radius 2 is 1.92 bits per heavy atom. The molecule has 1 aromatic carbocycles. The van der Waals surface area contributed by atoms with Crippen molar-refractivity contribution in [2.24, 2.45) is 11.3 Å². The number of aryl methyl sites for hydroxylation is 1. The van der Waals surface area contributed by atoms with E-state index in [1.54, 1.807) is 0 Å². The highest BCUT2D eigenvalue weighted by atomic mass is 16.4. The van der Waals surface area contributed by atoms with Gasteiger partial charge >= 0.3 is 0 Å². The number of rotatable bonds is 2. The summed E-state index contributed by atoms with van der Waals surface area (Å²) in [6.07, 6.45) is 4.46. The number of carbonyl (C=O) groups excluding carboxylic acids is 1. The van der Waals surface area contributed by atoms with Gasteiger partial charge in [-0.1, -0.05) is 26.0 Å². The molecule has 0 radical (unpaired) electrons. The summed E-state index contributed by atoms with van der Waals surface area (Å²) in [4.78, 5) is 22.2. The Kier molecular flexibility index (Phi) is 3.40. The molecule has 0 spiro atoms. The maximum absolute atomic E-state index is 12.9. The zero-order valence-electron chi connectivity index (χ0n) is 15.9. The largest absolute Gasteiger partial charge is 0.423 e. The van der Waals surface area contributed by atoms with Gasteiger partial charge < -0.3 is 14.2 Å². The highest BCUT2D eigenvalue weighted by Crippen LogP contribution is 2.53. The van der Waals surface area contributed by atoms with Crippen LogP contribution in [0.2, 0.25) is 0 Å². The molecule has 3 unspecified atom stereocenters. The first-order chi connectivity index (χ1) is 12.4. The summed E-state index contributed by atoms with van der Waals surface area (Å²) in [6.45, 7) is 8.09. The number of fused-ring (bicyclic) bond motifs is 3. The third kappa shape index (κ3) is 2.43. The molecular formula is C21H27N3O2. The van der Waals surface area contributed by atoms with Crippen molar-refractivity contribution in [3.05, 3.63) is 23.8 Å². The maximum atomic E-state index is 12.9. The molecule has 3 aliphatic rings. The summed E-state index contributed by atoms with van der Waals surface area (Å²) < 4.78 is 6.12. The molecule has 3 heterocycles. The second kappa shape index (κ2) is 5.48. The Labute approximate surface area is 154 Å². The predicted octanol–water partition coefficient (Wildman–Crippen LogP) is 3.75. The lowest BCUT2D eigenvalue weighted by Crippen LogP contribution is -2.62. The number of carbonyl (C=O) groups is 1. The minimum atomic E-state index is 0.196. The number of hydrogen-bond acceptors (Lipinski definition) is 4. The Hall–Kier alpha value is -2.04. The first-order valence-electron chi connectivity index (χ1n) is 9.87. The van der Waals surface area contributed by atoms with Gasteiger partial charge in [0.15, 0.2) is 5.58 Å². The van der Waals surface area contributed by atoms with Crippen molar-refractivity contribution in [2.75, 3.05) is 18.0 Å². The van der Waals surface area contributed by atoms with Gasteiger partial charge in [-0.15, -0.1) is 0 Å². The van der Waals surface area contributed by atoms with Gasteiger partial charge in [0.05, 0.1) is 12.1 Å². The topological polar surface area (TPSA) is 49.6 Å². The monoisotopic (exact) mass is 353 g/mol. The van der Waals surface area contributed by atoms with E-state index in [4.69, 9.17) is 9.40 Å². The van der Waals surface area contributed by atoms with Crippen molar-refractivity contribution < 1.29 is 9.21 Å². The highest BCUT2D eigenvalue weighted by Gasteiger charge is 2.53. The van der Waals surface area contributed by atoms with Gasteiger partial charge in [-0.05, 0) is 49.7 Å². The smallest absolute Gasteiger partial charge is 0.299 e. The second-order valence-electron chi connectivity index (χ2n) is 9.05. The quantitative estimate of drug-likeness (QED) is 0.825. The first-order valence-corrected chi connectivity index (χ1v) is 9.87. The summed E-state index contributed by atoms with van der Waals surface area (Å²) in [5, 5.41) is 0. The molecule has 5 rings (SSSR count). The highest BCUT2D eigenvalue weighted by molar-refractivity contribution is 5.83. The molecule has 2 aliphatic heterocycles. The van der Waals surface area contributed by atoms with Crippen molar-refractivity contribution in [1.82, 2.24) is 9.88 Å². The number of aromatic nitrogens is 1. The summed E-state index contributed by atoms with van der Waals surface area (Å²) >= 11 is 0. The molecule has 1 aliphatic carbocycles. The Bertz CT molecular complexity index is 857. The molecule has 26 heavy (non-hydrogen) atoms. The molecular weight excluding hydrogens is 326 g/mol. The van der Waals surface area contributed by atoms with Crippen molar-refractivity contribution in [3.8, 4) is 0 Å². The molecule has 1 aromatic heterocycles. The molecule has 138 valence electrons. The van der Waals surface area contributed by atoms with Crippen LogP contribution in [0.25, 0.3) is 11.1 Å². The van der Waals surface area contributed by atoms with Gasteiger partial charge in [0.1, 0.15) is 5.52 Å². The molecule has 1 amide bonds. The number of piperazine rings is 1. The first kappa shape index (κ1) is 16.2. The fourth-order valence-electron chi connectivity index (χ4n) is 4.89. The number of anilines is 1. The minimum absolute atomic E-state index is 0.196. The standard InChI is InChI=1S/C21H27N3O2/c1-13-6-4-9-17-18(13)22-20(26-17)24-14-7-5-8-15(24)12-23(11-14)19(25)16-10-21(16,2)3/h4,6,9,14-16H,5,7-8,10-12H2,1-3H3. The lowest BCUT2D eigenvalue weighted by atomic mass is 9.91. The van der Waals surface area contributed by atoms with Gasteiger partial charge in [0.2, 0.25) is 5.91 Å². The van der Waals surface area contributed by atoms with Gasteiger partial charge in [-0.3, -0.25) is 4.79 Å². The summed E-state index contributed by atoms with van der Waals surface area (Å²) in [5.41, 5.74) is 3.16. The van der Waals surface area contributed by atoms with Crippen molar-refractivity contribution in [2.45, 2.75) is 58.5 Å². The molecule has 2 saturated heterocycles. The SMILES string of the molecule is Cc1cccc2oc(N3C4CCCC3CN(C(=O)C3CC3(C)C)C4)nc12. The van der Waals surface area contributed by atoms with Crippen LogP contribution in [0.1, 0.15) is 45.1 Å². The Morgan fingerprint density at radius 3 is 2.54 bits per heavy atom. The molecule has 1 saturated carbocycles. The second-order valence-corrected chi connectivity index (χ2v) is 9.05. The predicted molar refractivity (Wildman–Crippen MR) is 101 cm³/mol. The van der Waals surface area contributed by atoms with Crippen molar-refractivity contribution >= 4 is 23.0 Å². The minimum Gasteiger partial charge on any atom is -0.423 e. The lowest BCUT2D eigenvalue weighted by molar-refractivity contribution is -0.135. The van der Waals surface area contributed by atoms with E-state index in [0.717, 1.165) is 55.0 Å². The number of hydrogen-bond donors (Lipinski definition) is 0. The normalized spacial score (nSPS) is 29.9. The molecule has 3 fully saturated rings. The zero-order chi connectivity index (χ0) is 18.1. The van der Waals surface area contributed by atoms with Crippen LogP contribution in [0, 0.1) is 18.3 Å². The summed E-state index contributed by atoms with van der Waals surface area (Å²) in [7, 11) is 0. The van der Waals surface area contributed by atoms with Crippen LogP contribution in [0.15, 0.2) is 22.6 Å². The number of benzene rings is 1. The van der Waals surface area contributed by atoms with Crippen LogP contribution in [0.4, 0.5) is 6.01 Å². The van der Waals surface area contributed by atoms with Crippen molar-refractivity contribution in [3.63, 3.8) is 0 Å². The fourth-order valence-corrected chi connectivity index (χ4v) is 4.89. The fraction of sp³-hybridized carbons (Fsp3) is 0.619. The lowest BCUT2D eigenvalue weighted by Gasteiger charge is -2.49. The third-order valence-electron chi connectivity index (χ3n) is 6.68. The summed E-state index contributed by atoms with van der Waals surface area (Å²) in [6, 6.07) is 7.46. The number of piperidine rings is 1. The van der Waals surface area contributed by atoms with E-state index in [2.05, 4.69) is 36.6 Å². The molecule has 2 aromatic rings.